The van der Waals surface area contributed by atoms with Gasteiger partial charge >= 0.3 is 0 Å². The van der Waals surface area contributed by atoms with E-state index in [2.05, 4.69) is 4.99 Å². The van der Waals surface area contributed by atoms with Crippen LogP contribution >= 0.6 is 11.3 Å². The number of aromatic nitrogens is 1. The molecule has 0 spiro atoms. The van der Waals surface area contributed by atoms with Crippen LogP contribution in [0.2, 0.25) is 0 Å². The van der Waals surface area contributed by atoms with Gasteiger partial charge < -0.3 is 9.30 Å². The first-order valence-electron chi connectivity index (χ1n) is 6.05. The Morgan fingerprint density at radius 1 is 1.37 bits per heavy atom. The van der Waals surface area contributed by atoms with Crippen LogP contribution < -0.4 is 9.54 Å². The summed E-state index contributed by atoms with van der Waals surface area (Å²) in [6, 6.07) is 5.84. The van der Waals surface area contributed by atoms with Crippen LogP contribution in [0.15, 0.2) is 23.2 Å². The Morgan fingerprint density at radius 3 is 2.63 bits per heavy atom. The smallest absolute Gasteiger partial charge is 0.253 e. The first-order chi connectivity index (χ1) is 8.82. The summed E-state index contributed by atoms with van der Waals surface area (Å²) < 4.78 is 8.20. The van der Waals surface area contributed by atoms with Crippen molar-refractivity contribution in [2.24, 2.45) is 17.5 Å². The van der Waals surface area contributed by atoms with Gasteiger partial charge in [-0.25, -0.2) is 0 Å². The lowest BCUT2D eigenvalue weighted by atomic mass is 9.96. The molecule has 0 radical (unpaired) electrons. The van der Waals surface area contributed by atoms with Crippen molar-refractivity contribution in [3.05, 3.63) is 23.0 Å². The Kier molecular flexibility index (Phi) is 3.49. The van der Waals surface area contributed by atoms with E-state index in [1.165, 1.54) is 11.3 Å². The van der Waals surface area contributed by atoms with Gasteiger partial charge in [-0.15, -0.1) is 0 Å². The van der Waals surface area contributed by atoms with E-state index in [-0.39, 0.29) is 5.91 Å². The predicted molar refractivity (Wildman–Crippen MR) is 77.4 cm³/mol. The lowest BCUT2D eigenvalue weighted by Crippen LogP contribution is -2.22. The molecule has 0 aliphatic rings. The van der Waals surface area contributed by atoms with Gasteiger partial charge in [0.25, 0.3) is 5.91 Å². The maximum absolute atomic E-state index is 12.0. The molecule has 0 unspecified atom stereocenters. The molecule has 2 rings (SSSR count). The fourth-order valence-corrected chi connectivity index (χ4v) is 2.65. The molecule has 1 heterocycles. The lowest BCUT2D eigenvalue weighted by molar-refractivity contribution is -0.125. The largest absolute Gasteiger partial charge is 0.497 e. The third kappa shape index (κ3) is 2.71. The molecular formula is C14H18N2O2S. The summed E-state index contributed by atoms with van der Waals surface area (Å²) in [4.78, 5) is 16.9. The molecule has 1 aromatic heterocycles. The zero-order valence-corrected chi connectivity index (χ0v) is 12.7. The minimum absolute atomic E-state index is 0.110. The molecule has 102 valence electrons. The van der Waals surface area contributed by atoms with Crippen LogP contribution in [0, 0.1) is 5.41 Å². The number of hydrogen-bond donors (Lipinski definition) is 0. The quantitative estimate of drug-likeness (QED) is 0.805. The van der Waals surface area contributed by atoms with E-state index >= 15 is 0 Å². The zero-order valence-electron chi connectivity index (χ0n) is 11.9. The molecule has 1 amide bonds. The number of aryl methyl sites for hydroxylation is 1. The van der Waals surface area contributed by atoms with E-state index in [1.54, 1.807) is 7.11 Å². The van der Waals surface area contributed by atoms with Crippen molar-refractivity contribution in [3.8, 4) is 5.75 Å². The number of hydrogen-bond acceptors (Lipinski definition) is 3. The van der Waals surface area contributed by atoms with Crippen LogP contribution in [0.25, 0.3) is 10.2 Å². The fraction of sp³-hybridized carbons (Fsp3) is 0.429. The van der Waals surface area contributed by atoms with Gasteiger partial charge in [0.15, 0.2) is 4.80 Å². The van der Waals surface area contributed by atoms with Crippen LogP contribution in [-0.2, 0) is 11.8 Å². The Hall–Kier alpha value is -1.62. The molecule has 0 aliphatic carbocycles. The highest BCUT2D eigenvalue weighted by molar-refractivity contribution is 7.16. The molecule has 0 fully saturated rings. The third-order valence-corrected chi connectivity index (χ3v) is 3.95. The van der Waals surface area contributed by atoms with E-state index in [1.807, 2.05) is 50.6 Å². The van der Waals surface area contributed by atoms with Crippen molar-refractivity contribution in [2.45, 2.75) is 20.8 Å². The fourth-order valence-electron chi connectivity index (χ4n) is 1.60. The van der Waals surface area contributed by atoms with E-state index in [9.17, 15) is 4.79 Å². The SMILES string of the molecule is COc1ccc2c(c1)sc(=NC(=O)C(C)(C)C)n2C. The maximum Gasteiger partial charge on any atom is 0.253 e. The second-order valence-electron chi connectivity index (χ2n) is 5.44. The standard InChI is InChI=1S/C14H18N2O2S/c1-14(2,3)12(17)15-13-16(4)10-7-6-9(18-5)8-11(10)19-13/h6-8H,1-5H3. The number of fused-ring (bicyclic) bond motifs is 1. The van der Waals surface area contributed by atoms with Gasteiger partial charge in [0.05, 0.1) is 17.3 Å². The van der Waals surface area contributed by atoms with Gasteiger partial charge in [-0.2, -0.15) is 4.99 Å². The van der Waals surface area contributed by atoms with Crippen molar-refractivity contribution in [2.75, 3.05) is 7.11 Å². The maximum atomic E-state index is 12.0. The first-order valence-corrected chi connectivity index (χ1v) is 6.87. The molecule has 0 saturated carbocycles. The number of methoxy groups -OCH3 is 1. The number of carbonyl (C=O) groups is 1. The normalized spacial score (nSPS) is 13.0. The van der Waals surface area contributed by atoms with E-state index < -0.39 is 5.41 Å². The molecular weight excluding hydrogens is 260 g/mol. The van der Waals surface area contributed by atoms with Crippen LogP contribution in [0.3, 0.4) is 0 Å². The monoisotopic (exact) mass is 278 g/mol. The summed E-state index contributed by atoms with van der Waals surface area (Å²) >= 11 is 1.49. The van der Waals surface area contributed by atoms with Crippen LogP contribution in [0.5, 0.6) is 5.75 Å². The topological polar surface area (TPSA) is 43.6 Å². The van der Waals surface area contributed by atoms with Crippen molar-refractivity contribution in [1.29, 1.82) is 0 Å². The van der Waals surface area contributed by atoms with Crippen LogP contribution in [0.1, 0.15) is 20.8 Å². The summed E-state index contributed by atoms with van der Waals surface area (Å²) in [6.45, 7) is 5.61. The molecule has 2 aromatic rings. The van der Waals surface area contributed by atoms with Gasteiger partial charge in [0.1, 0.15) is 5.75 Å². The van der Waals surface area contributed by atoms with Gasteiger partial charge in [-0.05, 0) is 18.2 Å². The number of rotatable bonds is 1. The zero-order chi connectivity index (χ0) is 14.2. The lowest BCUT2D eigenvalue weighted by Gasteiger charge is -2.11. The summed E-state index contributed by atoms with van der Waals surface area (Å²) in [7, 11) is 3.56. The molecule has 1 aromatic carbocycles. The van der Waals surface area contributed by atoms with Crippen molar-refractivity contribution < 1.29 is 9.53 Å². The minimum Gasteiger partial charge on any atom is -0.497 e. The van der Waals surface area contributed by atoms with Gasteiger partial charge in [0, 0.05) is 12.5 Å². The molecule has 0 atom stereocenters. The molecule has 0 N–H and O–H groups in total. The number of carbonyl (C=O) groups excluding carboxylic acids is 1. The highest BCUT2D eigenvalue weighted by Gasteiger charge is 2.20. The van der Waals surface area contributed by atoms with Crippen LogP contribution in [0.4, 0.5) is 0 Å². The third-order valence-electron chi connectivity index (χ3n) is 2.86. The second-order valence-corrected chi connectivity index (χ2v) is 6.45. The van der Waals surface area contributed by atoms with Gasteiger partial charge in [0.2, 0.25) is 0 Å². The molecule has 19 heavy (non-hydrogen) atoms. The first kappa shape index (κ1) is 13.8. The highest BCUT2D eigenvalue weighted by atomic mass is 32.1. The number of ether oxygens (including phenoxy) is 1. The summed E-state index contributed by atoms with van der Waals surface area (Å²) in [6.07, 6.45) is 0. The molecule has 0 aliphatic heterocycles. The van der Waals surface area contributed by atoms with E-state index in [4.69, 9.17) is 4.74 Å². The number of thiazole rings is 1. The molecule has 4 nitrogen and oxygen atoms in total. The Labute approximate surface area is 116 Å². The van der Waals surface area contributed by atoms with Crippen molar-refractivity contribution in [1.82, 2.24) is 4.57 Å². The molecule has 0 saturated heterocycles. The van der Waals surface area contributed by atoms with Gasteiger partial charge in [-0.3, -0.25) is 4.79 Å². The van der Waals surface area contributed by atoms with Crippen molar-refractivity contribution >= 4 is 27.5 Å². The average Bonchev–Trinajstić information content (AvgIpc) is 2.64. The van der Waals surface area contributed by atoms with Crippen LogP contribution in [-0.4, -0.2) is 17.6 Å². The van der Waals surface area contributed by atoms with Crippen molar-refractivity contribution in [3.63, 3.8) is 0 Å². The summed E-state index contributed by atoms with van der Waals surface area (Å²) in [5.74, 6) is 0.699. The Bertz CT molecular complexity index is 690. The summed E-state index contributed by atoms with van der Waals surface area (Å²) in [5.41, 5.74) is 0.590. The van der Waals surface area contributed by atoms with E-state index in [0.717, 1.165) is 16.0 Å². The Balaban J connectivity index is 2.60. The highest BCUT2D eigenvalue weighted by Crippen LogP contribution is 2.22. The average molecular weight is 278 g/mol. The van der Waals surface area contributed by atoms with Gasteiger partial charge in [-0.1, -0.05) is 32.1 Å². The molecule has 5 heteroatoms. The number of nitrogens with zero attached hydrogens (tertiary/aromatic N) is 2. The van der Waals surface area contributed by atoms with E-state index in [0.29, 0.717) is 4.80 Å². The number of benzene rings is 1. The molecule has 0 bridgehead atoms. The Morgan fingerprint density at radius 2 is 2.05 bits per heavy atom. The second kappa shape index (κ2) is 4.81. The predicted octanol–water partition coefficient (Wildman–Crippen LogP) is 2.72. The minimum atomic E-state index is -0.457. The number of amides is 1. The summed E-state index contributed by atoms with van der Waals surface area (Å²) in [5, 5.41) is 0.